The topological polar surface area (TPSA) is 107 Å². The van der Waals surface area contributed by atoms with Crippen LogP contribution < -0.4 is 16.0 Å². The Bertz CT molecular complexity index is 1260. The number of carboxylic acids is 1. The number of nitrogens with one attached hydrogen (secondary N) is 3. The van der Waals surface area contributed by atoms with Crippen LogP contribution in [0.2, 0.25) is 5.15 Å². The van der Waals surface area contributed by atoms with E-state index in [9.17, 15) is 14.7 Å². The minimum absolute atomic E-state index is 0.157. The van der Waals surface area contributed by atoms with Crippen LogP contribution in [-0.2, 0) is 19.5 Å². The summed E-state index contributed by atoms with van der Waals surface area (Å²) in [6.45, 7) is 4.12. The Morgan fingerprint density at radius 1 is 1.17 bits per heavy atom. The summed E-state index contributed by atoms with van der Waals surface area (Å²) in [7, 11) is 0. The van der Waals surface area contributed by atoms with E-state index in [1.165, 1.54) is 16.9 Å². The van der Waals surface area contributed by atoms with Crippen LogP contribution >= 0.6 is 22.9 Å². The molecule has 0 spiro atoms. The minimum Gasteiger partial charge on any atom is -0.478 e. The number of hydrogen-bond donors (Lipinski definition) is 4. The molecule has 1 fully saturated rings. The van der Waals surface area contributed by atoms with E-state index in [1.54, 1.807) is 12.1 Å². The number of carbonyl (C=O) groups is 2. The highest BCUT2D eigenvalue weighted by molar-refractivity contribution is 7.17. The fourth-order valence-corrected chi connectivity index (χ4v) is 6.17. The first-order valence-corrected chi connectivity index (χ1v) is 13.3. The van der Waals surface area contributed by atoms with Crippen molar-refractivity contribution in [2.24, 2.45) is 0 Å². The van der Waals surface area contributed by atoms with Gasteiger partial charge in [0.15, 0.2) is 0 Å². The van der Waals surface area contributed by atoms with Gasteiger partial charge in [0.2, 0.25) is 0 Å². The Morgan fingerprint density at radius 2 is 1.94 bits per heavy atom. The van der Waals surface area contributed by atoms with Gasteiger partial charge in [-0.25, -0.2) is 9.78 Å². The molecule has 4 N–H and O–H groups in total. The first-order valence-electron chi connectivity index (χ1n) is 12.1. The first kappa shape index (κ1) is 24.7. The second-order valence-corrected chi connectivity index (χ2v) is 10.6. The standard InChI is InChI=1S/C26H28ClN5O3S/c27-21-7-6-19(24(33)31-25-22(26(34)35)18-8-11-28-14-20(18)36-25)23(30-21)29-17-9-12-32(13-10-17)15-16-4-2-1-3-5-16/h1-7,17,28H,8-15H2,(H,29,30)(H,31,33)(H,34,35). The number of pyridine rings is 1. The molecule has 4 heterocycles. The van der Waals surface area contributed by atoms with Crippen LogP contribution in [-0.4, -0.2) is 52.5 Å². The fraction of sp³-hybridized carbons (Fsp3) is 0.346. The van der Waals surface area contributed by atoms with Crippen molar-refractivity contribution in [2.75, 3.05) is 30.3 Å². The normalized spacial score (nSPS) is 16.4. The van der Waals surface area contributed by atoms with Crippen LogP contribution in [0.3, 0.4) is 0 Å². The van der Waals surface area contributed by atoms with Gasteiger partial charge in [-0.3, -0.25) is 9.69 Å². The van der Waals surface area contributed by atoms with Crippen molar-refractivity contribution in [3.05, 3.63) is 74.7 Å². The molecule has 1 saturated heterocycles. The van der Waals surface area contributed by atoms with Crippen molar-refractivity contribution in [2.45, 2.75) is 38.4 Å². The van der Waals surface area contributed by atoms with Crippen LogP contribution in [0.5, 0.6) is 0 Å². The summed E-state index contributed by atoms with van der Waals surface area (Å²) in [4.78, 5) is 33.0. The molecular weight excluding hydrogens is 498 g/mol. The maximum absolute atomic E-state index is 13.3. The molecule has 0 aliphatic carbocycles. The van der Waals surface area contributed by atoms with Crippen LogP contribution in [0.25, 0.3) is 0 Å². The van der Waals surface area contributed by atoms with Gasteiger partial charge in [-0.15, -0.1) is 11.3 Å². The van der Waals surface area contributed by atoms with Gasteiger partial charge in [-0.05, 0) is 49.1 Å². The van der Waals surface area contributed by atoms with Crippen molar-refractivity contribution in [3.63, 3.8) is 0 Å². The van der Waals surface area contributed by atoms with E-state index in [2.05, 4.69) is 50.1 Å². The molecule has 3 aromatic rings. The number of thiophene rings is 1. The number of rotatable bonds is 7. The molecule has 10 heteroatoms. The molecule has 0 atom stereocenters. The number of carbonyl (C=O) groups excluding carboxylic acids is 1. The van der Waals surface area contributed by atoms with E-state index in [-0.39, 0.29) is 11.6 Å². The molecule has 0 bridgehead atoms. The Balaban J connectivity index is 1.28. The van der Waals surface area contributed by atoms with E-state index in [0.29, 0.717) is 34.5 Å². The summed E-state index contributed by atoms with van der Waals surface area (Å²) < 4.78 is 0. The van der Waals surface area contributed by atoms with Gasteiger partial charge in [0.1, 0.15) is 16.0 Å². The molecular formula is C26H28ClN5O3S. The lowest BCUT2D eigenvalue weighted by molar-refractivity contribution is 0.0697. The Kier molecular flexibility index (Phi) is 7.52. The molecule has 5 rings (SSSR count). The molecule has 2 aromatic heterocycles. The highest BCUT2D eigenvalue weighted by atomic mass is 35.5. The van der Waals surface area contributed by atoms with Gasteiger partial charge in [0.25, 0.3) is 5.91 Å². The third-order valence-electron chi connectivity index (χ3n) is 6.65. The van der Waals surface area contributed by atoms with Gasteiger partial charge in [-0.1, -0.05) is 41.9 Å². The molecule has 1 amide bonds. The lowest BCUT2D eigenvalue weighted by Crippen LogP contribution is -2.39. The monoisotopic (exact) mass is 525 g/mol. The van der Waals surface area contributed by atoms with E-state index in [0.717, 1.165) is 49.5 Å². The highest BCUT2D eigenvalue weighted by Gasteiger charge is 2.27. The summed E-state index contributed by atoms with van der Waals surface area (Å²) in [6, 6.07) is 13.8. The third-order valence-corrected chi connectivity index (χ3v) is 8.01. The zero-order valence-electron chi connectivity index (χ0n) is 19.7. The Labute approximate surface area is 218 Å². The lowest BCUT2D eigenvalue weighted by atomic mass is 10.0. The number of aromatic carboxylic acids is 1. The number of nitrogens with zero attached hydrogens (tertiary/aromatic N) is 2. The van der Waals surface area contributed by atoms with E-state index < -0.39 is 11.9 Å². The first-order chi connectivity index (χ1) is 17.5. The SMILES string of the molecule is O=C(Nc1sc2c(c1C(=O)O)CCNC2)c1ccc(Cl)nc1NC1CCN(Cc2ccccc2)CC1. The zero-order chi connectivity index (χ0) is 25.1. The van der Waals surface area contributed by atoms with Crippen molar-refractivity contribution in [1.82, 2.24) is 15.2 Å². The fourth-order valence-electron chi connectivity index (χ4n) is 4.82. The van der Waals surface area contributed by atoms with E-state index >= 15 is 0 Å². The van der Waals surface area contributed by atoms with Crippen molar-refractivity contribution >= 4 is 45.6 Å². The zero-order valence-corrected chi connectivity index (χ0v) is 21.3. The van der Waals surface area contributed by atoms with Gasteiger partial charge < -0.3 is 21.1 Å². The lowest BCUT2D eigenvalue weighted by Gasteiger charge is -2.33. The number of carboxylic acid groups (broad SMARTS) is 1. The molecule has 1 aromatic carbocycles. The number of halogens is 1. The number of benzene rings is 1. The average Bonchev–Trinajstić information content (AvgIpc) is 3.24. The van der Waals surface area contributed by atoms with Crippen LogP contribution in [0.15, 0.2) is 42.5 Å². The summed E-state index contributed by atoms with van der Waals surface area (Å²) in [5.74, 6) is -1.02. The van der Waals surface area contributed by atoms with E-state index in [1.807, 2.05) is 6.07 Å². The largest absolute Gasteiger partial charge is 0.478 e. The third kappa shape index (κ3) is 5.54. The molecule has 2 aliphatic heterocycles. The van der Waals surface area contributed by atoms with Crippen LogP contribution in [0.4, 0.5) is 10.8 Å². The van der Waals surface area contributed by atoms with Gasteiger partial charge in [-0.2, -0.15) is 0 Å². The number of hydrogen-bond acceptors (Lipinski definition) is 7. The molecule has 8 nitrogen and oxygen atoms in total. The number of aromatic nitrogens is 1. The molecule has 0 saturated carbocycles. The maximum Gasteiger partial charge on any atom is 0.339 e. The molecule has 0 unspecified atom stereocenters. The average molecular weight is 526 g/mol. The second-order valence-electron chi connectivity index (χ2n) is 9.10. The maximum atomic E-state index is 13.3. The van der Waals surface area contributed by atoms with Crippen molar-refractivity contribution in [3.8, 4) is 0 Å². The molecule has 188 valence electrons. The number of fused-ring (bicyclic) bond motifs is 1. The smallest absolute Gasteiger partial charge is 0.339 e. The number of likely N-dealkylation sites (tertiary alicyclic amines) is 1. The van der Waals surface area contributed by atoms with Gasteiger partial charge in [0, 0.05) is 37.1 Å². The van der Waals surface area contributed by atoms with Crippen LogP contribution in [0.1, 0.15) is 49.6 Å². The Hall–Kier alpha value is -2.98. The van der Waals surface area contributed by atoms with Gasteiger partial charge in [0.05, 0.1) is 11.1 Å². The highest BCUT2D eigenvalue weighted by Crippen LogP contribution is 2.36. The summed E-state index contributed by atoms with van der Waals surface area (Å²) in [5.41, 5.74) is 2.63. The summed E-state index contributed by atoms with van der Waals surface area (Å²) in [6.07, 6.45) is 2.45. The minimum atomic E-state index is -1.03. The summed E-state index contributed by atoms with van der Waals surface area (Å²) >= 11 is 7.49. The van der Waals surface area contributed by atoms with Crippen LogP contribution in [0, 0.1) is 0 Å². The number of amides is 1. The predicted molar refractivity (Wildman–Crippen MR) is 142 cm³/mol. The molecule has 0 radical (unpaired) electrons. The number of piperidine rings is 1. The van der Waals surface area contributed by atoms with Crippen molar-refractivity contribution < 1.29 is 14.7 Å². The Morgan fingerprint density at radius 3 is 2.69 bits per heavy atom. The van der Waals surface area contributed by atoms with E-state index in [4.69, 9.17) is 11.6 Å². The van der Waals surface area contributed by atoms with Gasteiger partial charge >= 0.3 is 5.97 Å². The predicted octanol–water partition coefficient (Wildman–Crippen LogP) is 4.47. The van der Waals surface area contributed by atoms with Crippen molar-refractivity contribution in [1.29, 1.82) is 0 Å². The number of anilines is 2. The quantitative estimate of drug-likeness (QED) is 0.337. The molecule has 2 aliphatic rings. The molecule has 36 heavy (non-hydrogen) atoms. The summed E-state index contributed by atoms with van der Waals surface area (Å²) in [5, 5.41) is 20.0. The second kappa shape index (κ2) is 11.0.